The predicted octanol–water partition coefficient (Wildman–Crippen LogP) is 1.84. The average molecular weight is 225 g/mol. The molecule has 2 rings (SSSR count). The minimum absolute atomic E-state index is 0.0834. The normalized spacial score (nSPS) is 10.2. The molecule has 0 saturated heterocycles. The van der Waals surface area contributed by atoms with Gasteiger partial charge in [-0.1, -0.05) is 0 Å². The van der Waals surface area contributed by atoms with Crippen LogP contribution in [0, 0.1) is 5.82 Å². The average Bonchev–Trinajstić information content (AvgIpc) is 2.73. The van der Waals surface area contributed by atoms with E-state index >= 15 is 0 Å². The van der Waals surface area contributed by atoms with Gasteiger partial charge in [0.15, 0.2) is 11.6 Å². The molecule has 0 atom stereocenters. The van der Waals surface area contributed by atoms with Crippen LogP contribution < -0.4 is 10.5 Å². The van der Waals surface area contributed by atoms with Crippen LogP contribution in [0.4, 0.5) is 10.2 Å². The van der Waals surface area contributed by atoms with E-state index in [-0.39, 0.29) is 11.8 Å². The molecular weight excluding hydrogens is 217 g/mol. The van der Waals surface area contributed by atoms with E-state index in [0.717, 1.165) is 11.8 Å². The lowest BCUT2D eigenvalue weighted by molar-refractivity contribution is 0.280. The molecule has 2 aromatic rings. The van der Waals surface area contributed by atoms with E-state index in [1.807, 2.05) is 16.8 Å². The number of ether oxygens (including phenoxy) is 1. The van der Waals surface area contributed by atoms with Gasteiger partial charge in [0.05, 0.1) is 6.20 Å². The van der Waals surface area contributed by atoms with Crippen LogP contribution in [0.3, 0.4) is 0 Å². The SMILES string of the molecule is Nc1nc(OCc2ccsc2)ncc1F. The number of halogens is 1. The largest absolute Gasteiger partial charge is 0.459 e. The van der Waals surface area contributed by atoms with Crippen molar-refractivity contribution in [3.05, 3.63) is 34.4 Å². The van der Waals surface area contributed by atoms with Crippen molar-refractivity contribution in [2.75, 3.05) is 5.73 Å². The molecule has 0 aliphatic carbocycles. The van der Waals surface area contributed by atoms with Gasteiger partial charge in [0, 0.05) is 5.56 Å². The number of rotatable bonds is 3. The fraction of sp³-hybridized carbons (Fsp3) is 0.111. The lowest BCUT2D eigenvalue weighted by atomic mass is 10.4. The number of thiophene rings is 1. The molecule has 4 nitrogen and oxygen atoms in total. The Hall–Kier alpha value is -1.69. The number of aromatic nitrogens is 2. The lowest BCUT2D eigenvalue weighted by Gasteiger charge is -2.03. The first-order chi connectivity index (χ1) is 7.25. The topological polar surface area (TPSA) is 61.0 Å². The first kappa shape index (κ1) is 9.85. The van der Waals surface area contributed by atoms with Crippen LogP contribution in [0.25, 0.3) is 0 Å². The summed E-state index contributed by atoms with van der Waals surface area (Å²) in [4.78, 5) is 7.30. The molecule has 0 aromatic carbocycles. The summed E-state index contributed by atoms with van der Waals surface area (Å²) < 4.78 is 17.9. The van der Waals surface area contributed by atoms with Crippen molar-refractivity contribution in [1.29, 1.82) is 0 Å². The second-order valence-corrected chi connectivity index (χ2v) is 3.59. The first-order valence-corrected chi connectivity index (χ1v) is 5.12. The van der Waals surface area contributed by atoms with Gasteiger partial charge in [0.25, 0.3) is 0 Å². The third kappa shape index (κ3) is 2.41. The molecule has 15 heavy (non-hydrogen) atoms. The molecule has 0 radical (unpaired) electrons. The van der Waals surface area contributed by atoms with E-state index < -0.39 is 5.82 Å². The maximum absolute atomic E-state index is 12.7. The third-order valence-electron chi connectivity index (χ3n) is 1.70. The van der Waals surface area contributed by atoms with Crippen molar-refractivity contribution in [2.45, 2.75) is 6.61 Å². The molecule has 2 aromatic heterocycles. The molecule has 0 unspecified atom stereocenters. The van der Waals surface area contributed by atoms with Crippen LogP contribution in [0.2, 0.25) is 0 Å². The summed E-state index contributed by atoms with van der Waals surface area (Å²) in [5, 5.41) is 3.89. The summed E-state index contributed by atoms with van der Waals surface area (Å²) in [5.41, 5.74) is 6.29. The summed E-state index contributed by atoms with van der Waals surface area (Å²) in [7, 11) is 0. The van der Waals surface area contributed by atoms with Gasteiger partial charge in [0.1, 0.15) is 6.61 Å². The van der Waals surface area contributed by atoms with Crippen LogP contribution in [-0.2, 0) is 6.61 Å². The van der Waals surface area contributed by atoms with E-state index in [4.69, 9.17) is 10.5 Å². The van der Waals surface area contributed by atoms with Gasteiger partial charge in [-0.15, -0.1) is 0 Å². The van der Waals surface area contributed by atoms with Gasteiger partial charge in [-0.3, -0.25) is 0 Å². The van der Waals surface area contributed by atoms with Crippen molar-refractivity contribution < 1.29 is 9.13 Å². The van der Waals surface area contributed by atoms with Gasteiger partial charge in [0.2, 0.25) is 0 Å². The third-order valence-corrected chi connectivity index (χ3v) is 2.43. The summed E-state index contributed by atoms with van der Waals surface area (Å²) in [6.07, 6.45) is 0.991. The standard InChI is InChI=1S/C9H8FN3OS/c10-7-3-12-9(13-8(7)11)14-4-6-1-2-15-5-6/h1-3,5H,4H2,(H2,11,12,13). The zero-order valence-corrected chi connectivity index (χ0v) is 8.50. The Balaban J connectivity index is 2.02. The molecule has 0 saturated carbocycles. The van der Waals surface area contributed by atoms with Gasteiger partial charge in [-0.05, 0) is 16.8 Å². The fourth-order valence-electron chi connectivity index (χ4n) is 0.956. The van der Waals surface area contributed by atoms with Gasteiger partial charge < -0.3 is 10.5 Å². The minimum atomic E-state index is -0.641. The maximum Gasteiger partial charge on any atom is 0.318 e. The quantitative estimate of drug-likeness (QED) is 0.865. The van der Waals surface area contributed by atoms with Crippen LogP contribution in [-0.4, -0.2) is 9.97 Å². The highest BCUT2D eigenvalue weighted by atomic mass is 32.1. The highest BCUT2D eigenvalue weighted by Gasteiger charge is 2.04. The Morgan fingerprint density at radius 1 is 1.53 bits per heavy atom. The molecule has 0 bridgehead atoms. The van der Waals surface area contributed by atoms with E-state index in [9.17, 15) is 4.39 Å². The highest BCUT2D eigenvalue weighted by molar-refractivity contribution is 7.07. The van der Waals surface area contributed by atoms with Crippen LogP contribution in [0.5, 0.6) is 6.01 Å². The molecule has 0 fully saturated rings. The van der Waals surface area contributed by atoms with Gasteiger partial charge >= 0.3 is 6.01 Å². The molecule has 2 N–H and O–H groups in total. The van der Waals surface area contributed by atoms with Crippen molar-refractivity contribution in [3.63, 3.8) is 0 Å². The Morgan fingerprint density at radius 3 is 3.07 bits per heavy atom. The van der Waals surface area contributed by atoms with E-state index in [2.05, 4.69) is 9.97 Å². The van der Waals surface area contributed by atoms with Gasteiger partial charge in [-0.25, -0.2) is 9.37 Å². The Labute approximate surface area is 89.6 Å². The number of nitrogens with zero attached hydrogens (tertiary/aromatic N) is 2. The molecule has 0 spiro atoms. The van der Waals surface area contributed by atoms with Crippen molar-refractivity contribution in [1.82, 2.24) is 9.97 Å². The number of hydrogen-bond acceptors (Lipinski definition) is 5. The number of anilines is 1. The highest BCUT2D eigenvalue weighted by Crippen LogP contribution is 2.12. The summed E-state index contributed by atoms with van der Waals surface area (Å²) in [6.45, 7) is 0.356. The molecule has 0 aliphatic heterocycles. The van der Waals surface area contributed by atoms with Crippen LogP contribution in [0.1, 0.15) is 5.56 Å². The molecule has 2 heterocycles. The Bertz CT molecular complexity index is 447. The van der Waals surface area contributed by atoms with E-state index in [0.29, 0.717) is 6.61 Å². The van der Waals surface area contributed by atoms with E-state index in [1.165, 1.54) is 0 Å². The number of hydrogen-bond donors (Lipinski definition) is 1. The monoisotopic (exact) mass is 225 g/mol. The lowest BCUT2D eigenvalue weighted by Crippen LogP contribution is -2.02. The van der Waals surface area contributed by atoms with Gasteiger partial charge in [-0.2, -0.15) is 16.3 Å². The zero-order valence-electron chi connectivity index (χ0n) is 7.68. The summed E-state index contributed by atoms with van der Waals surface area (Å²) in [6, 6.07) is 2.01. The molecular formula is C9H8FN3OS. The smallest absolute Gasteiger partial charge is 0.318 e. The van der Waals surface area contributed by atoms with Crippen LogP contribution in [0.15, 0.2) is 23.0 Å². The van der Waals surface area contributed by atoms with Crippen molar-refractivity contribution >= 4 is 17.2 Å². The summed E-state index contributed by atoms with van der Waals surface area (Å²) >= 11 is 1.57. The molecule has 0 amide bonds. The van der Waals surface area contributed by atoms with Crippen molar-refractivity contribution in [2.24, 2.45) is 0 Å². The molecule has 78 valence electrons. The summed E-state index contributed by atoms with van der Waals surface area (Å²) in [5.74, 6) is -0.844. The van der Waals surface area contributed by atoms with Crippen LogP contribution >= 0.6 is 11.3 Å². The molecule has 6 heteroatoms. The Kier molecular flexibility index (Phi) is 2.77. The minimum Gasteiger partial charge on any atom is -0.459 e. The van der Waals surface area contributed by atoms with E-state index in [1.54, 1.807) is 11.3 Å². The number of nitrogen functional groups attached to an aromatic ring is 1. The van der Waals surface area contributed by atoms with Crippen molar-refractivity contribution in [3.8, 4) is 6.01 Å². The Morgan fingerprint density at radius 2 is 2.40 bits per heavy atom. The number of nitrogens with two attached hydrogens (primary N) is 1. The first-order valence-electron chi connectivity index (χ1n) is 4.17. The second-order valence-electron chi connectivity index (χ2n) is 2.81. The zero-order chi connectivity index (χ0) is 10.7. The maximum atomic E-state index is 12.7. The molecule has 0 aliphatic rings. The predicted molar refractivity (Wildman–Crippen MR) is 55.1 cm³/mol. The second kappa shape index (κ2) is 4.22. The fourth-order valence-corrected chi connectivity index (χ4v) is 1.61.